The van der Waals surface area contributed by atoms with Gasteiger partial charge in [-0.15, -0.1) is 0 Å². The normalized spacial score (nSPS) is 12.5. The van der Waals surface area contributed by atoms with Crippen LogP contribution in [-0.4, -0.2) is 23.9 Å². The summed E-state index contributed by atoms with van der Waals surface area (Å²) in [5, 5.41) is 8.63. The van der Waals surface area contributed by atoms with E-state index in [1.165, 1.54) is 0 Å². The van der Waals surface area contributed by atoms with Gasteiger partial charge in [0, 0.05) is 17.6 Å². The summed E-state index contributed by atoms with van der Waals surface area (Å²) in [4.78, 5) is 0. The highest BCUT2D eigenvalue weighted by molar-refractivity contribution is 6.31. The van der Waals surface area contributed by atoms with Gasteiger partial charge in [-0.1, -0.05) is 29.3 Å². The van der Waals surface area contributed by atoms with Crippen molar-refractivity contribution in [1.82, 2.24) is 15.1 Å². The summed E-state index contributed by atoms with van der Waals surface area (Å²) in [7, 11) is 5.34. The largest absolute Gasteiger partial charge is 0.496 e. The van der Waals surface area contributed by atoms with E-state index < -0.39 is 0 Å². The minimum atomic E-state index is -0.118. The molecule has 1 aromatic carbocycles. The molecule has 0 amide bonds. The molecule has 0 bridgehead atoms. The number of halogens is 2. The third-order valence-electron chi connectivity index (χ3n) is 3.01. The summed E-state index contributed by atoms with van der Waals surface area (Å²) in [6.45, 7) is 0. The van der Waals surface area contributed by atoms with Gasteiger partial charge in [0.05, 0.1) is 30.1 Å². The molecule has 6 heteroatoms. The molecule has 0 saturated heterocycles. The number of hydrogen-bond donors (Lipinski definition) is 1. The zero-order valence-corrected chi connectivity index (χ0v) is 12.5. The molecule has 1 N–H and O–H groups in total. The molecule has 0 radical (unpaired) electrons. The predicted octanol–water partition coefficient (Wildman–Crippen LogP) is 3.04. The first-order chi connectivity index (χ1) is 9.08. The highest BCUT2D eigenvalue weighted by atomic mass is 35.5. The topological polar surface area (TPSA) is 39.1 Å². The average Bonchev–Trinajstić information content (AvgIpc) is 2.73. The maximum Gasteiger partial charge on any atom is 0.125 e. The van der Waals surface area contributed by atoms with Crippen molar-refractivity contribution >= 4 is 23.2 Å². The molecule has 19 heavy (non-hydrogen) atoms. The number of methoxy groups -OCH3 is 1. The van der Waals surface area contributed by atoms with Gasteiger partial charge in [-0.25, -0.2) is 0 Å². The fraction of sp³-hybridized carbons (Fsp3) is 0.308. The number of ether oxygens (including phenoxy) is 1. The number of hydrogen-bond acceptors (Lipinski definition) is 3. The van der Waals surface area contributed by atoms with Crippen LogP contribution >= 0.6 is 23.2 Å². The number of benzene rings is 1. The molecule has 0 spiro atoms. The molecule has 0 aliphatic carbocycles. The monoisotopic (exact) mass is 299 g/mol. The second kappa shape index (κ2) is 5.82. The van der Waals surface area contributed by atoms with Crippen LogP contribution in [0.3, 0.4) is 0 Å². The van der Waals surface area contributed by atoms with E-state index in [2.05, 4.69) is 10.4 Å². The Balaban J connectivity index is 2.54. The van der Waals surface area contributed by atoms with Crippen molar-refractivity contribution < 1.29 is 4.74 Å². The molecule has 2 rings (SSSR count). The van der Waals surface area contributed by atoms with E-state index in [1.54, 1.807) is 24.1 Å². The van der Waals surface area contributed by atoms with Gasteiger partial charge < -0.3 is 10.1 Å². The van der Waals surface area contributed by atoms with Gasteiger partial charge in [0.15, 0.2) is 0 Å². The molecule has 1 atom stereocenters. The molecule has 0 fully saturated rings. The molecule has 4 nitrogen and oxygen atoms in total. The Morgan fingerprint density at radius 3 is 2.63 bits per heavy atom. The molecule has 102 valence electrons. The van der Waals surface area contributed by atoms with Gasteiger partial charge in [-0.05, 0) is 19.2 Å². The van der Waals surface area contributed by atoms with Crippen LogP contribution in [0.4, 0.5) is 0 Å². The number of nitrogens with one attached hydrogen (secondary N) is 1. The average molecular weight is 300 g/mol. The van der Waals surface area contributed by atoms with E-state index in [0.717, 1.165) is 11.3 Å². The zero-order valence-electron chi connectivity index (χ0n) is 10.9. The highest BCUT2D eigenvalue weighted by Crippen LogP contribution is 2.34. The van der Waals surface area contributed by atoms with Crippen molar-refractivity contribution in [2.24, 2.45) is 7.05 Å². The summed E-state index contributed by atoms with van der Waals surface area (Å²) in [6.07, 6.45) is 1.63. The quantitative estimate of drug-likeness (QED) is 0.943. The first kappa shape index (κ1) is 14.2. The van der Waals surface area contributed by atoms with E-state index in [-0.39, 0.29) is 6.04 Å². The van der Waals surface area contributed by atoms with Crippen LogP contribution in [0.1, 0.15) is 17.3 Å². The first-order valence-corrected chi connectivity index (χ1v) is 6.52. The van der Waals surface area contributed by atoms with Gasteiger partial charge in [-0.2, -0.15) is 5.10 Å². The molecule has 1 heterocycles. The summed E-state index contributed by atoms with van der Waals surface area (Å²) in [5.41, 5.74) is 1.84. The van der Waals surface area contributed by atoms with Crippen LogP contribution in [0.25, 0.3) is 0 Å². The van der Waals surface area contributed by atoms with Gasteiger partial charge in [-0.3, -0.25) is 4.68 Å². The zero-order chi connectivity index (χ0) is 14.0. The summed E-state index contributed by atoms with van der Waals surface area (Å²) in [5.74, 6) is 0.712. The number of rotatable bonds is 4. The van der Waals surface area contributed by atoms with Gasteiger partial charge >= 0.3 is 0 Å². The smallest absolute Gasteiger partial charge is 0.125 e. The molecular formula is C13H15Cl2N3O. The third-order valence-corrected chi connectivity index (χ3v) is 3.53. The van der Waals surface area contributed by atoms with Crippen molar-refractivity contribution in [1.29, 1.82) is 0 Å². The Bertz CT molecular complexity index is 564. The summed E-state index contributed by atoms with van der Waals surface area (Å²) >= 11 is 12.2. The summed E-state index contributed by atoms with van der Waals surface area (Å²) < 4.78 is 7.14. The Morgan fingerprint density at radius 2 is 2.11 bits per heavy atom. The van der Waals surface area contributed by atoms with Crippen molar-refractivity contribution in [2.45, 2.75) is 6.04 Å². The summed E-state index contributed by atoms with van der Waals surface area (Å²) in [6, 6.07) is 5.41. The third kappa shape index (κ3) is 2.71. The second-order valence-corrected chi connectivity index (χ2v) is 4.95. The van der Waals surface area contributed by atoms with Crippen molar-refractivity contribution in [3.05, 3.63) is 45.7 Å². The van der Waals surface area contributed by atoms with E-state index in [1.807, 2.05) is 26.2 Å². The second-order valence-electron chi connectivity index (χ2n) is 4.11. The van der Waals surface area contributed by atoms with Crippen LogP contribution in [0.2, 0.25) is 10.0 Å². The Morgan fingerprint density at radius 1 is 1.37 bits per heavy atom. The Kier molecular flexibility index (Phi) is 4.34. The van der Waals surface area contributed by atoms with Crippen LogP contribution in [0.15, 0.2) is 24.4 Å². The van der Waals surface area contributed by atoms with Crippen LogP contribution < -0.4 is 10.1 Å². The molecule has 2 aromatic rings. The fourth-order valence-corrected chi connectivity index (χ4v) is 2.55. The van der Waals surface area contributed by atoms with E-state index in [9.17, 15) is 0 Å². The molecule has 0 aliphatic heterocycles. The van der Waals surface area contributed by atoms with E-state index in [0.29, 0.717) is 15.8 Å². The molecule has 1 unspecified atom stereocenters. The Labute approximate surface area is 122 Å². The number of aromatic nitrogens is 2. The number of aryl methyl sites for hydroxylation is 1. The lowest BCUT2D eigenvalue weighted by molar-refractivity contribution is 0.404. The molecular weight excluding hydrogens is 285 g/mol. The predicted molar refractivity (Wildman–Crippen MR) is 77.1 cm³/mol. The van der Waals surface area contributed by atoms with E-state index in [4.69, 9.17) is 27.9 Å². The fourth-order valence-electron chi connectivity index (χ4n) is 2.11. The van der Waals surface area contributed by atoms with Crippen LogP contribution in [0.5, 0.6) is 5.75 Å². The maximum absolute atomic E-state index is 6.21. The van der Waals surface area contributed by atoms with Gasteiger partial charge in [0.25, 0.3) is 0 Å². The van der Waals surface area contributed by atoms with Gasteiger partial charge in [0.2, 0.25) is 0 Å². The van der Waals surface area contributed by atoms with Crippen LogP contribution in [-0.2, 0) is 7.05 Å². The van der Waals surface area contributed by atoms with Crippen LogP contribution in [0, 0.1) is 0 Å². The molecule has 0 saturated carbocycles. The highest BCUT2D eigenvalue weighted by Gasteiger charge is 2.22. The SMILES string of the molecule is CNC(c1ccc(Cl)cc1OC)c1c(Cl)cnn1C. The first-order valence-electron chi connectivity index (χ1n) is 5.76. The molecule has 0 aliphatic rings. The van der Waals surface area contributed by atoms with Crippen molar-refractivity contribution in [2.75, 3.05) is 14.2 Å². The lowest BCUT2D eigenvalue weighted by atomic mass is 10.0. The van der Waals surface area contributed by atoms with Gasteiger partial charge in [0.1, 0.15) is 5.75 Å². The number of nitrogens with zero attached hydrogens (tertiary/aromatic N) is 2. The minimum absolute atomic E-state index is 0.118. The molecule has 1 aromatic heterocycles. The van der Waals surface area contributed by atoms with Crippen molar-refractivity contribution in [3.63, 3.8) is 0 Å². The standard InChI is InChI=1S/C13H15Cl2N3O/c1-16-12(13-10(15)7-17-18(13)2)9-5-4-8(14)6-11(9)19-3/h4-7,12,16H,1-3H3. The lowest BCUT2D eigenvalue weighted by Gasteiger charge is -2.20. The Hall–Kier alpha value is -1.23. The minimum Gasteiger partial charge on any atom is -0.496 e. The maximum atomic E-state index is 6.21. The lowest BCUT2D eigenvalue weighted by Crippen LogP contribution is -2.21. The van der Waals surface area contributed by atoms with Crippen molar-refractivity contribution in [3.8, 4) is 5.75 Å². The van der Waals surface area contributed by atoms with E-state index >= 15 is 0 Å².